The maximum atomic E-state index is 12.8. The summed E-state index contributed by atoms with van der Waals surface area (Å²) in [6, 6.07) is 8.80. The fourth-order valence-corrected chi connectivity index (χ4v) is 4.19. The molecule has 0 aliphatic heterocycles. The maximum Gasteiger partial charge on any atom is 0.321 e. The predicted octanol–water partition coefficient (Wildman–Crippen LogP) is 2.21. The zero-order valence-corrected chi connectivity index (χ0v) is 19.5. The average molecular weight is 484 g/mol. The van der Waals surface area contributed by atoms with Crippen LogP contribution in [-0.4, -0.2) is 53.1 Å². The Morgan fingerprint density at radius 2 is 1.74 bits per heavy atom. The summed E-state index contributed by atoms with van der Waals surface area (Å²) < 4.78 is 39.5. The number of nitrogens with one attached hydrogen (secondary N) is 2. The lowest BCUT2D eigenvalue weighted by Gasteiger charge is -2.10. The molecule has 0 aliphatic rings. The van der Waals surface area contributed by atoms with Crippen LogP contribution < -0.4 is 19.5 Å². The van der Waals surface area contributed by atoms with Crippen LogP contribution in [0.25, 0.3) is 5.65 Å². The molecule has 34 heavy (non-hydrogen) atoms. The largest absolute Gasteiger partial charge is 0.481 e. The van der Waals surface area contributed by atoms with Crippen LogP contribution in [-0.2, 0) is 10.0 Å². The fourth-order valence-electron chi connectivity index (χ4n) is 3.20. The molecule has 3 heterocycles. The Morgan fingerprint density at radius 1 is 1.00 bits per heavy atom. The van der Waals surface area contributed by atoms with Crippen molar-refractivity contribution in [3.63, 3.8) is 0 Å². The van der Waals surface area contributed by atoms with Gasteiger partial charge in [0, 0.05) is 23.1 Å². The third-order valence-electron chi connectivity index (χ3n) is 4.76. The van der Waals surface area contributed by atoms with Crippen molar-refractivity contribution in [1.82, 2.24) is 24.6 Å². The summed E-state index contributed by atoms with van der Waals surface area (Å²) >= 11 is 0. The SMILES string of the molecule is COc1cc(NS(=O)(=O)c2ccc(NC(=O)c3cnn4c(C)cc(C)nc34)cc2)nc(OC)n1. The number of amides is 1. The van der Waals surface area contributed by atoms with E-state index in [0.717, 1.165) is 11.4 Å². The smallest absolute Gasteiger partial charge is 0.321 e. The summed E-state index contributed by atoms with van der Waals surface area (Å²) in [5, 5.41) is 6.94. The standard InChI is InChI=1S/C21H21N7O5S/c1-12-9-13(2)28-19(23-12)16(11-22-28)20(29)24-14-5-7-15(8-6-14)34(30,31)27-17-10-18(32-3)26-21(25-17)33-4/h5-11H,1-4H3,(H,24,29)(H,25,26,27). The lowest BCUT2D eigenvalue weighted by atomic mass is 10.2. The number of anilines is 2. The normalized spacial score (nSPS) is 11.3. The second-order valence-electron chi connectivity index (χ2n) is 7.20. The quantitative estimate of drug-likeness (QED) is 0.403. The molecular weight excluding hydrogens is 462 g/mol. The molecule has 4 aromatic rings. The van der Waals surface area contributed by atoms with Gasteiger partial charge in [0.1, 0.15) is 5.56 Å². The van der Waals surface area contributed by atoms with E-state index in [-0.39, 0.29) is 22.6 Å². The van der Waals surface area contributed by atoms with Gasteiger partial charge in [-0.05, 0) is 44.2 Å². The summed E-state index contributed by atoms with van der Waals surface area (Å²) in [4.78, 5) is 25.0. The van der Waals surface area contributed by atoms with Crippen LogP contribution >= 0.6 is 0 Å². The van der Waals surface area contributed by atoms with Crippen LogP contribution in [0.3, 0.4) is 0 Å². The zero-order valence-electron chi connectivity index (χ0n) is 18.7. The third-order valence-corrected chi connectivity index (χ3v) is 6.13. The molecule has 0 saturated carbocycles. The number of nitrogens with zero attached hydrogens (tertiary/aromatic N) is 5. The molecule has 0 spiro atoms. The highest BCUT2D eigenvalue weighted by atomic mass is 32.2. The number of ether oxygens (including phenoxy) is 2. The molecule has 0 bridgehead atoms. The van der Waals surface area contributed by atoms with E-state index in [1.807, 2.05) is 19.9 Å². The lowest BCUT2D eigenvalue weighted by molar-refractivity contribution is 0.102. The molecule has 12 nitrogen and oxygen atoms in total. The fraction of sp³-hybridized carbons (Fsp3) is 0.190. The van der Waals surface area contributed by atoms with E-state index in [1.54, 1.807) is 4.52 Å². The summed E-state index contributed by atoms with van der Waals surface area (Å²) in [5.74, 6) is -0.302. The van der Waals surface area contributed by atoms with Gasteiger partial charge >= 0.3 is 6.01 Å². The molecule has 2 N–H and O–H groups in total. The van der Waals surface area contributed by atoms with Gasteiger partial charge in [-0.15, -0.1) is 0 Å². The molecule has 0 atom stereocenters. The second kappa shape index (κ2) is 8.94. The minimum Gasteiger partial charge on any atom is -0.481 e. The maximum absolute atomic E-state index is 12.8. The Kier molecular flexibility index (Phi) is 6.03. The van der Waals surface area contributed by atoms with Crippen molar-refractivity contribution in [3.05, 3.63) is 59.5 Å². The second-order valence-corrected chi connectivity index (χ2v) is 8.88. The molecule has 4 rings (SSSR count). The Hall–Kier alpha value is -4.26. The number of aryl methyl sites for hydroxylation is 2. The number of methoxy groups -OCH3 is 2. The van der Waals surface area contributed by atoms with Gasteiger partial charge in [0.25, 0.3) is 15.9 Å². The van der Waals surface area contributed by atoms with Crippen molar-refractivity contribution in [2.75, 3.05) is 24.3 Å². The van der Waals surface area contributed by atoms with Gasteiger partial charge in [-0.1, -0.05) is 0 Å². The Morgan fingerprint density at radius 3 is 2.41 bits per heavy atom. The minimum absolute atomic E-state index is 0.0211. The summed E-state index contributed by atoms with van der Waals surface area (Å²) in [6.45, 7) is 3.71. The molecule has 13 heteroatoms. The van der Waals surface area contributed by atoms with E-state index >= 15 is 0 Å². The summed E-state index contributed by atoms with van der Waals surface area (Å²) in [5.41, 5.74) is 2.76. The molecule has 1 amide bonds. The van der Waals surface area contributed by atoms with Crippen LogP contribution in [0.15, 0.2) is 47.5 Å². The minimum atomic E-state index is -3.98. The van der Waals surface area contributed by atoms with E-state index in [0.29, 0.717) is 16.9 Å². The van der Waals surface area contributed by atoms with Crippen molar-refractivity contribution < 1.29 is 22.7 Å². The monoisotopic (exact) mass is 483 g/mol. The number of benzene rings is 1. The van der Waals surface area contributed by atoms with Crippen LogP contribution in [0.5, 0.6) is 11.9 Å². The van der Waals surface area contributed by atoms with Gasteiger partial charge in [-0.3, -0.25) is 9.52 Å². The number of carbonyl (C=O) groups excluding carboxylic acids is 1. The van der Waals surface area contributed by atoms with Crippen LogP contribution in [0.2, 0.25) is 0 Å². The highest BCUT2D eigenvalue weighted by Gasteiger charge is 2.19. The van der Waals surface area contributed by atoms with Gasteiger partial charge < -0.3 is 14.8 Å². The highest BCUT2D eigenvalue weighted by molar-refractivity contribution is 7.92. The molecule has 0 radical (unpaired) electrons. The molecular formula is C21H21N7O5S. The highest BCUT2D eigenvalue weighted by Crippen LogP contribution is 2.22. The average Bonchev–Trinajstić information content (AvgIpc) is 3.23. The van der Waals surface area contributed by atoms with Gasteiger partial charge in [-0.25, -0.2) is 17.9 Å². The Labute approximate surface area is 195 Å². The molecule has 0 unspecified atom stereocenters. The molecule has 0 aliphatic carbocycles. The van der Waals surface area contributed by atoms with E-state index in [2.05, 4.69) is 30.1 Å². The summed E-state index contributed by atoms with van der Waals surface area (Å²) in [7, 11) is -1.24. The summed E-state index contributed by atoms with van der Waals surface area (Å²) in [6.07, 6.45) is 1.44. The third kappa shape index (κ3) is 4.59. The molecule has 3 aromatic heterocycles. The van der Waals surface area contributed by atoms with E-state index in [1.165, 1.54) is 50.7 Å². The first-order valence-electron chi connectivity index (χ1n) is 9.93. The first kappa shape index (κ1) is 22.9. The number of aromatic nitrogens is 5. The van der Waals surface area contributed by atoms with Gasteiger partial charge in [0.15, 0.2) is 11.5 Å². The van der Waals surface area contributed by atoms with Crippen molar-refractivity contribution >= 4 is 33.1 Å². The first-order chi connectivity index (χ1) is 16.2. The number of carbonyl (C=O) groups is 1. The zero-order chi connectivity index (χ0) is 24.5. The number of hydrogen-bond donors (Lipinski definition) is 2. The Balaban J connectivity index is 1.52. The number of fused-ring (bicyclic) bond motifs is 1. The van der Waals surface area contributed by atoms with Crippen LogP contribution in [0.1, 0.15) is 21.7 Å². The Bertz CT molecular complexity index is 1460. The van der Waals surface area contributed by atoms with Gasteiger partial charge in [0.05, 0.1) is 25.3 Å². The molecule has 176 valence electrons. The van der Waals surface area contributed by atoms with Crippen LogP contribution in [0.4, 0.5) is 11.5 Å². The lowest BCUT2D eigenvalue weighted by Crippen LogP contribution is -2.15. The molecule has 0 fully saturated rings. The molecule has 0 saturated heterocycles. The van der Waals surface area contributed by atoms with Crippen molar-refractivity contribution in [2.45, 2.75) is 18.7 Å². The van der Waals surface area contributed by atoms with E-state index < -0.39 is 15.9 Å². The number of sulfonamides is 1. The van der Waals surface area contributed by atoms with Crippen molar-refractivity contribution in [2.24, 2.45) is 0 Å². The molecule has 1 aromatic carbocycles. The van der Waals surface area contributed by atoms with Crippen LogP contribution in [0, 0.1) is 13.8 Å². The van der Waals surface area contributed by atoms with Gasteiger partial charge in [0.2, 0.25) is 5.88 Å². The number of rotatable bonds is 7. The van der Waals surface area contributed by atoms with E-state index in [9.17, 15) is 13.2 Å². The van der Waals surface area contributed by atoms with Gasteiger partial charge in [-0.2, -0.15) is 15.1 Å². The topological polar surface area (TPSA) is 150 Å². The van der Waals surface area contributed by atoms with E-state index in [4.69, 9.17) is 9.47 Å². The first-order valence-corrected chi connectivity index (χ1v) is 11.4. The number of hydrogen-bond acceptors (Lipinski definition) is 9. The van der Waals surface area contributed by atoms with Crippen molar-refractivity contribution in [1.29, 1.82) is 0 Å². The van der Waals surface area contributed by atoms with Crippen molar-refractivity contribution in [3.8, 4) is 11.9 Å². The predicted molar refractivity (Wildman–Crippen MR) is 123 cm³/mol.